The molecule has 0 bridgehead atoms. The molecule has 157 valence electrons. The molecular weight excluding hydrogens is 425 g/mol. The van der Waals surface area contributed by atoms with Gasteiger partial charge in [-0.05, 0) is 18.1 Å². The zero-order chi connectivity index (χ0) is 21.8. The Morgan fingerprint density at radius 3 is 1.34 bits per heavy atom. The molecule has 0 saturated carbocycles. The van der Waals surface area contributed by atoms with Crippen LogP contribution >= 0.6 is 0 Å². The summed E-state index contributed by atoms with van der Waals surface area (Å²) in [5.74, 6) is 0.284. The minimum Gasteiger partial charge on any atom is -0.184 e. The second-order valence-corrected chi connectivity index (χ2v) is 5.09. The maximum atomic E-state index is 3.10. The summed E-state index contributed by atoms with van der Waals surface area (Å²) in [4.78, 5) is 0. The molecular formula is C28H41Y-. The smallest absolute Gasteiger partial charge is 0.0118 e. The molecule has 1 radical (unpaired) electrons. The fourth-order valence-electron chi connectivity index (χ4n) is 2.57. The molecule has 0 aliphatic carbocycles. The molecule has 29 heavy (non-hydrogen) atoms. The van der Waals surface area contributed by atoms with Gasteiger partial charge in [0.05, 0.1) is 0 Å². The number of hydrogen-bond donors (Lipinski definition) is 0. The Balaban J connectivity index is -0.000000674. The maximum Gasteiger partial charge on any atom is 0.0118 e. The summed E-state index contributed by atoms with van der Waals surface area (Å²) in [6.45, 7) is 18.1. The van der Waals surface area contributed by atoms with Crippen molar-refractivity contribution in [1.29, 1.82) is 0 Å². The first-order chi connectivity index (χ1) is 13.8. The number of hydrogen-bond acceptors (Lipinski definition) is 0. The van der Waals surface area contributed by atoms with E-state index in [9.17, 15) is 0 Å². The van der Waals surface area contributed by atoms with E-state index in [1.807, 2.05) is 67.5 Å². The summed E-state index contributed by atoms with van der Waals surface area (Å²) >= 11 is 0. The summed E-state index contributed by atoms with van der Waals surface area (Å²) in [7, 11) is 0. The zero-order valence-electron chi connectivity index (χ0n) is 20.2. The summed E-state index contributed by atoms with van der Waals surface area (Å²) in [6.07, 6.45) is 0. The van der Waals surface area contributed by atoms with E-state index in [2.05, 4.69) is 79.7 Å². The Morgan fingerprint density at radius 2 is 0.897 bits per heavy atom. The van der Waals surface area contributed by atoms with Crippen LogP contribution in [0.3, 0.4) is 0 Å². The Bertz CT molecular complexity index is 618. The van der Waals surface area contributed by atoms with E-state index < -0.39 is 0 Å². The van der Waals surface area contributed by atoms with Crippen LogP contribution in [-0.4, -0.2) is 0 Å². The van der Waals surface area contributed by atoms with Crippen LogP contribution in [0.25, 0.3) is 0 Å². The first kappa shape index (κ1) is 32.4. The molecule has 0 aliphatic rings. The molecule has 3 rings (SSSR count). The van der Waals surface area contributed by atoms with Gasteiger partial charge in [-0.1, -0.05) is 116 Å². The van der Waals surface area contributed by atoms with Crippen molar-refractivity contribution in [3.63, 3.8) is 0 Å². The molecule has 1 atom stereocenters. The Kier molecular flexibility index (Phi) is 25.8. The quantitative estimate of drug-likeness (QED) is 0.267. The van der Waals surface area contributed by atoms with Crippen LogP contribution < -0.4 is 0 Å². The van der Waals surface area contributed by atoms with Crippen LogP contribution in [0.1, 0.15) is 83.6 Å². The molecule has 0 N–H and O–H groups in total. The summed E-state index contributed by atoms with van der Waals surface area (Å²) in [5, 5.41) is 0. The van der Waals surface area contributed by atoms with Gasteiger partial charge in [-0.2, -0.15) is 30.3 Å². The minimum atomic E-state index is 0. The van der Waals surface area contributed by atoms with E-state index >= 15 is 0 Å². The third-order valence-electron chi connectivity index (χ3n) is 3.62. The second-order valence-electron chi connectivity index (χ2n) is 5.09. The maximum absolute atomic E-state index is 3.10. The predicted octanol–water partition coefficient (Wildman–Crippen LogP) is 9.08. The van der Waals surface area contributed by atoms with Crippen molar-refractivity contribution in [2.24, 2.45) is 0 Å². The van der Waals surface area contributed by atoms with Crippen molar-refractivity contribution in [2.45, 2.75) is 68.2 Å². The third kappa shape index (κ3) is 12.1. The molecule has 0 aliphatic heterocycles. The number of benzene rings is 3. The molecule has 0 fully saturated rings. The van der Waals surface area contributed by atoms with Gasteiger partial charge < -0.3 is 0 Å². The van der Waals surface area contributed by atoms with Gasteiger partial charge in [0.25, 0.3) is 0 Å². The molecule has 0 amide bonds. The van der Waals surface area contributed by atoms with Crippen molar-refractivity contribution in [2.75, 3.05) is 0 Å². The standard InChI is InChI=1S/C20H17.4C2H6.Y/c1-16-12-14-19(15-13-16)20(17-8-4-2-5-9-17)18-10-6-3-7-11-18;4*1-2;/h2,4-15,20H,1H3;4*1-2H3;/q-1;;;;;. The van der Waals surface area contributed by atoms with E-state index in [-0.39, 0.29) is 38.6 Å². The third-order valence-corrected chi connectivity index (χ3v) is 3.62. The van der Waals surface area contributed by atoms with Gasteiger partial charge in [0.2, 0.25) is 0 Å². The van der Waals surface area contributed by atoms with Crippen LogP contribution in [-0.2, 0) is 32.7 Å². The molecule has 1 unspecified atom stereocenters. The molecule has 0 spiro atoms. The van der Waals surface area contributed by atoms with Gasteiger partial charge in [-0.15, -0.1) is 5.56 Å². The van der Waals surface area contributed by atoms with E-state index in [4.69, 9.17) is 0 Å². The number of rotatable bonds is 3. The van der Waals surface area contributed by atoms with Crippen molar-refractivity contribution in [1.82, 2.24) is 0 Å². The summed E-state index contributed by atoms with van der Waals surface area (Å²) in [6, 6.07) is 30.8. The SMILES string of the molecule is CC.CC.CC.CC.Cc1ccc(C(c2cc[c-]cc2)c2ccccc2)cc1.[Y]. The van der Waals surface area contributed by atoms with Crippen LogP contribution in [0.2, 0.25) is 0 Å². The molecule has 0 aromatic heterocycles. The average molecular weight is 467 g/mol. The fourth-order valence-corrected chi connectivity index (χ4v) is 2.57. The second kappa shape index (κ2) is 23.0. The molecule has 1 heteroatoms. The van der Waals surface area contributed by atoms with Crippen molar-refractivity contribution in [3.05, 3.63) is 107 Å². The van der Waals surface area contributed by atoms with Crippen molar-refractivity contribution >= 4 is 0 Å². The van der Waals surface area contributed by atoms with E-state index in [0.717, 1.165) is 0 Å². The molecule has 3 aromatic rings. The van der Waals surface area contributed by atoms with E-state index in [1.165, 1.54) is 22.3 Å². The Labute approximate surface area is 207 Å². The first-order valence-corrected chi connectivity index (χ1v) is 10.9. The Hall–Kier alpha value is -1.24. The largest absolute Gasteiger partial charge is 0.184 e. The Morgan fingerprint density at radius 1 is 0.517 bits per heavy atom. The van der Waals surface area contributed by atoms with Gasteiger partial charge in [-0.3, -0.25) is 0 Å². The van der Waals surface area contributed by atoms with Gasteiger partial charge in [-0.25, -0.2) is 0 Å². The topological polar surface area (TPSA) is 0 Å². The molecule has 3 aromatic carbocycles. The van der Waals surface area contributed by atoms with Crippen LogP contribution in [0.4, 0.5) is 0 Å². The summed E-state index contributed by atoms with van der Waals surface area (Å²) < 4.78 is 0. The van der Waals surface area contributed by atoms with Gasteiger partial charge in [0.15, 0.2) is 0 Å². The van der Waals surface area contributed by atoms with Crippen molar-refractivity contribution in [3.8, 4) is 0 Å². The average Bonchev–Trinajstić information content (AvgIpc) is 2.82. The van der Waals surface area contributed by atoms with Gasteiger partial charge in [0.1, 0.15) is 0 Å². The normalized spacial score (nSPS) is 9.14. The molecule has 0 heterocycles. The molecule has 0 saturated heterocycles. The monoisotopic (exact) mass is 466 g/mol. The predicted molar refractivity (Wildman–Crippen MR) is 129 cm³/mol. The number of aryl methyl sites for hydroxylation is 1. The van der Waals surface area contributed by atoms with Gasteiger partial charge in [0, 0.05) is 38.6 Å². The molecule has 0 nitrogen and oxygen atoms in total. The zero-order valence-corrected chi connectivity index (χ0v) is 23.0. The van der Waals surface area contributed by atoms with Crippen LogP contribution in [0.5, 0.6) is 0 Å². The fraction of sp³-hybridized carbons (Fsp3) is 0.357. The van der Waals surface area contributed by atoms with Crippen molar-refractivity contribution < 1.29 is 32.7 Å². The minimum absolute atomic E-state index is 0. The van der Waals surface area contributed by atoms with Gasteiger partial charge >= 0.3 is 0 Å². The van der Waals surface area contributed by atoms with E-state index in [1.54, 1.807) is 0 Å². The van der Waals surface area contributed by atoms with E-state index in [0.29, 0.717) is 0 Å². The van der Waals surface area contributed by atoms with Crippen LogP contribution in [0.15, 0.2) is 78.9 Å². The summed E-state index contributed by atoms with van der Waals surface area (Å²) in [5.41, 5.74) is 5.25. The van der Waals surface area contributed by atoms with Crippen LogP contribution in [0, 0.1) is 13.0 Å². The first-order valence-electron chi connectivity index (χ1n) is 10.9.